The van der Waals surface area contributed by atoms with Crippen molar-refractivity contribution >= 4 is 5.91 Å². The van der Waals surface area contributed by atoms with E-state index in [2.05, 4.69) is 19.2 Å². The van der Waals surface area contributed by atoms with Crippen LogP contribution in [0.25, 0.3) is 0 Å². The van der Waals surface area contributed by atoms with Crippen molar-refractivity contribution in [2.24, 2.45) is 0 Å². The number of aliphatic hydroxyl groups is 5. The van der Waals surface area contributed by atoms with Crippen LogP contribution in [0, 0.1) is 0 Å². The van der Waals surface area contributed by atoms with Gasteiger partial charge in [0.25, 0.3) is 0 Å². The zero-order valence-corrected chi connectivity index (χ0v) is 31.0. The van der Waals surface area contributed by atoms with E-state index >= 15 is 0 Å². The van der Waals surface area contributed by atoms with Gasteiger partial charge in [-0.3, -0.25) is 4.79 Å². The van der Waals surface area contributed by atoms with Crippen molar-refractivity contribution in [3.05, 3.63) is 0 Å². The highest BCUT2D eigenvalue weighted by Crippen LogP contribution is 2.23. The number of carbonyl (C=O) groups is 1. The molecular formula is C39H77NO8. The smallest absolute Gasteiger partial charge is 0.220 e. The molecule has 0 bridgehead atoms. The number of rotatable bonds is 33. The van der Waals surface area contributed by atoms with Gasteiger partial charge >= 0.3 is 0 Å². The van der Waals surface area contributed by atoms with Crippen molar-refractivity contribution in [1.82, 2.24) is 5.32 Å². The van der Waals surface area contributed by atoms with Crippen molar-refractivity contribution in [3.63, 3.8) is 0 Å². The van der Waals surface area contributed by atoms with E-state index in [-0.39, 0.29) is 12.5 Å². The molecule has 1 heterocycles. The fourth-order valence-corrected chi connectivity index (χ4v) is 6.63. The first-order valence-electron chi connectivity index (χ1n) is 20.2. The van der Waals surface area contributed by atoms with E-state index in [4.69, 9.17) is 9.47 Å². The first kappa shape index (κ1) is 45.2. The minimum absolute atomic E-state index is 0.133. The van der Waals surface area contributed by atoms with Gasteiger partial charge in [-0.1, -0.05) is 168 Å². The monoisotopic (exact) mass is 688 g/mol. The largest absolute Gasteiger partial charge is 0.394 e. The number of aliphatic hydroxyl groups excluding tert-OH is 5. The van der Waals surface area contributed by atoms with Crippen molar-refractivity contribution < 1.29 is 39.8 Å². The van der Waals surface area contributed by atoms with Crippen molar-refractivity contribution in [2.75, 3.05) is 13.2 Å². The van der Waals surface area contributed by atoms with Crippen LogP contribution in [0.2, 0.25) is 0 Å². The van der Waals surface area contributed by atoms with Gasteiger partial charge in [0.15, 0.2) is 6.29 Å². The molecule has 286 valence electrons. The number of hydrogen-bond acceptors (Lipinski definition) is 8. The maximum absolute atomic E-state index is 12.9. The van der Waals surface area contributed by atoms with Gasteiger partial charge < -0.3 is 40.3 Å². The van der Waals surface area contributed by atoms with Crippen LogP contribution in [-0.4, -0.2) is 87.5 Å². The summed E-state index contributed by atoms with van der Waals surface area (Å²) < 4.78 is 11.2. The number of amides is 1. The van der Waals surface area contributed by atoms with E-state index in [1.165, 1.54) is 122 Å². The minimum atomic E-state index is -1.55. The van der Waals surface area contributed by atoms with Crippen LogP contribution in [0.15, 0.2) is 0 Å². The van der Waals surface area contributed by atoms with E-state index in [0.29, 0.717) is 12.8 Å². The summed E-state index contributed by atoms with van der Waals surface area (Å²) in [6.45, 7) is 3.81. The lowest BCUT2D eigenvalue weighted by Crippen LogP contribution is -2.60. The standard InChI is InChI=1S/C39H77NO8/c1-3-5-7-9-11-13-15-16-17-19-21-23-25-27-29-35(43)40-32(31-47-39-38(46)37(45)36(44)34(30-41)48-39)33(42)28-26-24-22-20-18-14-12-10-8-6-4-2/h32-34,36-39,41-42,44-46H,3-31H2,1-2H3,(H,40,43)/t32?,33-,34?,36+,37?,38?,39+/m1/s1. The van der Waals surface area contributed by atoms with E-state index in [0.717, 1.165) is 38.5 Å². The quantitative estimate of drug-likeness (QED) is 0.0396. The first-order valence-corrected chi connectivity index (χ1v) is 20.2. The van der Waals surface area contributed by atoms with Crippen LogP contribution in [0.5, 0.6) is 0 Å². The highest BCUT2D eigenvalue weighted by molar-refractivity contribution is 5.76. The molecule has 4 unspecified atom stereocenters. The third-order valence-electron chi connectivity index (χ3n) is 9.96. The molecule has 0 spiro atoms. The normalized spacial score (nSPS) is 22.5. The zero-order chi connectivity index (χ0) is 35.2. The van der Waals surface area contributed by atoms with E-state index < -0.39 is 49.5 Å². The van der Waals surface area contributed by atoms with Gasteiger partial charge in [-0.25, -0.2) is 0 Å². The second-order valence-corrected chi connectivity index (χ2v) is 14.4. The molecular weight excluding hydrogens is 610 g/mol. The number of hydrogen-bond donors (Lipinski definition) is 6. The average Bonchev–Trinajstić information content (AvgIpc) is 3.08. The lowest BCUT2D eigenvalue weighted by Gasteiger charge is -2.40. The Labute approximate surface area is 294 Å². The van der Waals surface area contributed by atoms with Gasteiger partial charge in [0.05, 0.1) is 25.4 Å². The highest BCUT2D eigenvalue weighted by Gasteiger charge is 2.44. The third-order valence-corrected chi connectivity index (χ3v) is 9.96. The molecule has 0 aromatic rings. The minimum Gasteiger partial charge on any atom is -0.394 e. The summed E-state index contributed by atoms with van der Waals surface area (Å²) in [6, 6.07) is -0.709. The third kappa shape index (κ3) is 22.1. The molecule has 9 heteroatoms. The SMILES string of the molecule is CCCCCCCCCCCCCCCCC(=O)NC(CO[C@H]1OC(CO)[C@H](O)C(O)C1O)[C@H](O)CCCCCCCCCCCCC. The van der Waals surface area contributed by atoms with Crippen LogP contribution < -0.4 is 5.32 Å². The number of nitrogens with one attached hydrogen (secondary N) is 1. The molecule has 0 saturated carbocycles. The molecule has 0 aromatic carbocycles. The summed E-state index contributed by atoms with van der Waals surface area (Å²) in [6.07, 6.45) is 23.9. The van der Waals surface area contributed by atoms with E-state index in [9.17, 15) is 30.3 Å². The molecule has 1 amide bonds. The Bertz CT molecular complexity index is 726. The molecule has 7 atom stereocenters. The van der Waals surface area contributed by atoms with Crippen LogP contribution in [0.1, 0.15) is 187 Å². The number of carbonyl (C=O) groups excluding carboxylic acids is 1. The zero-order valence-electron chi connectivity index (χ0n) is 31.0. The van der Waals surface area contributed by atoms with Crippen molar-refractivity contribution in [2.45, 2.75) is 230 Å². The molecule has 1 aliphatic rings. The number of ether oxygens (including phenoxy) is 2. The van der Waals surface area contributed by atoms with Gasteiger partial charge in [0, 0.05) is 6.42 Å². The van der Waals surface area contributed by atoms with Gasteiger partial charge in [-0.05, 0) is 12.8 Å². The lowest BCUT2D eigenvalue weighted by atomic mass is 9.99. The summed E-state index contributed by atoms with van der Waals surface area (Å²) in [5.41, 5.74) is 0. The topological polar surface area (TPSA) is 149 Å². The van der Waals surface area contributed by atoms with E-state index in [1.807, 2.05) is 0 Å². The molecule has 1 aliphatic heterocycles. The van der Waals surface area contributed by atoms with Crippen LogP contribution in [-0.2, 0) is 14.3 Å². The van der Waals surface area contributed by atoms with Gasteiger partial charge in [-0.2, -0.15) is 0 Å². The maximum Gasteiger partial charge on any atom is 0.220 e. The van der Waals surface area contributed by atoms with Crippen molar-refractivity contribution in [3.8, 4) is 0 Å². The molecule has 1 rings (SSSR count). The fourth-order valence-electron chi connectivity index (χ4n) is 6.63. The number of unbranched alkanes of at least 4 members (excludes halogenated alkanes) is 23. The summed E-state index contributed by atoms with van der Waals surface area (Å²) in [7, 11) is 0. The molecule has 1 saturated heterocycles. The predicted octanol–water partition coefficient (Wildman–Crippen LogP) is 7.22. The van der Waals surface area contributed by atoms with Gasteiger partial charge in [-0.15, -0.1) is 0 Å². The molecule has 0 aliphatic carbocycles. The summed E-state index contributed by atoms with van der Waals surface area (Å²) in [5, 5.41) is 54.1. The summed E-state index contributed by atoms with van der Waals surface area (Å²) in [5.74, 6) is -0.144. The van der Waals surface area contributed by atoms with Crippen LogP contribution in [0.4, 0.5) is 0 Å². The Kier molecular flexibility index (Phi) is 29.2. The van der Waals surface area contributed by atoms with Crippen LogP contribution >= 0.6 is 0 Å². The molecule has 9 nitrogen and oxygen atoms in total. The summed E-state index contributed by atoms with van der Waals surface area (Å²) >= 11 is 0. The predicted molar refractivity (Wildman–Crippen MR) is 194 cm³/mol. The lowest BCUT2D eigenvalue weighted by molar-refractivity contribution is -0.302. The molecule has 0 aromatic heterocycles. The highest BCUT2D eigenvalue weighted by atomic mass is 16.7. The molecule has 0 radical (unpaired) electrons. The second-order valence-electron chi connectivity index (χ2n) is 14.4. The van der Waals surface area contributed by atoms with Gasteiger partial charge in [0.1, 0.15) is 24.4 Å². The molecule has 6 N–H and O–H groups in total. The Morgan fingerprint density at radius 1 is 0.625 bits per heavy atom. The Balaban J connectivity index is 2.38. The Hall–Kier alpha value is -0.810. The van der Waals surface area contributed by atoms with Crippen molar-refractivity contribution in [1.29, 1.82) is 0 Å². The molecule has 1 fully saturated rings. The average molecular weight is 688 g/mol. The first-order chi connectivity index (χ1) is 23.3. The second kappa shape index (κ2) is 31.0. The van der Waals surface area contributed by atoms with Gasteiger partial charge in [0.2, 0.25) is 5.91 Å². The molecule has 48 heavy (non-hydrogen) atoms. The Morgan fingerprint density at radius 3 is 1.48 bits per heavy atom. The summed E-state index contributed by atoms with van der Waals surface area (Å²) in [4.78, 5) is 12.9. The Morgan fingerprint density at radius 2 is 1.04 bits per heavy atom. The fraction of sp³-hybridized carbons (Fsp3) is 0.974. The van der Waals surface area contributed by atoms with E-state index in [1.54, 1.807) is 0 Å². The van der Waals surface area contributed by atoms with Crippen LogP contribution in [0.3, 0.4) is 0 Å². The maximum atomic E-state index is 12.9.